The van der Waals surface area contributed by atoms with Gasteiger partial charge in [-0.2, -0.15) is 5.10 Å². The zero-order valence-corrected chi connectivity index (χ0v) is 13.4. The number of rotatable bonds is 5. The van der Waals surface area contributed by atoms with E-state index < -0.39 is 12.3 Å². The topological polar surface area (TPSA) is 59.0 Å². The molecule has 0 radical (unpaired) electrons. The molecule has 0 fully saturated rings. The molecule has 128 valence electrons. The third kappa shape index (κ3) is 3.82. The number of alkyl halides is 2. The lowest BCUT2D eigenvalue weighted by atomic mass is 10.1. The fraction of sp³-hybridized carbons (Fsp3) is 0.111. The second-order valence-corrected chi connectivity index (χ2v) is 5.37. The van der Waals surface area contributed by atoms with Gasteiger partial charge in [0.2, 0.25) is 0 Å². The number of nitrogens with zero attached hydrogens (tertiary/aromatic N) is 2. The number of anilines is 3. The minimum absolute atomic E-state index is 0.204. The summed E-state index contributed by atoms with van der Waals surface area (Å²) in [7, 11) is 1.50. The zero-order chi connectivity index (χ0) is 17.8. The van der Waals surface area contributed by atoms with Gasteiger partial charge in [-0.05, 0) is 24.3 Å². The molecule has 0 saturated carbocycles. The predicted molar refractivity (Wildman–Crippen MR) is 92.3 cm³/mol. The SMILES string of the molecule is Cn1nc(C(F)F)cc1NC(=O)c1ccccc1Nc1ccccc1. The van der Waals surface area contributed by atoms with Crippen LogP contribution in [-0.4, -0.2) is 15.7 Å². The Bertz CT molecular complexity index is 878. The smallest absolute Gasteiger partial charge is 0.282 e. The van der Waals surface area contributed by atoms with Gasteiger partial charge < -0.3 is 10.6 Å². The largest absolute Gasteiger partial charge is 0.355 e. The second-order valence-electron chi connectivity index (χ2n) is 5.37. The Morgan fingerprint density at radius 2 is 1.76 bits per heavy atom. The molecule has 1 aromatic heterocycles. The molecule has 3 aromatic rings. The Hall–Kier alpha value is -3.22. The minimum Gasteiger partial charge on any atom is -0.355 e. The quantitative estimate of drug-likeness (QED) is 0.724. The van der Waals surface area contributed by atoms with E-state index in [1.807, 2.05) is 30.3 Å². The number of aromatic nitrogens is 2. The van der Waals surface area contributed by atoms with Crippen molar-refractivity contribution in [1.29, 1.82) is 0 Å². The molecule has 0 atom stereocenters. The number of benzene rings is 2. The molecule has 0 bridgehead atoms. The summed E-state index contributed by atoms with van der Waals surface area (Å²) in [5, 5.41) is 9.47. The number of para-hydroxylation sites is 2. The molecule has 3 rings (SSSR count). The van der Waals surface area contributed by atoms with E-state index in [1.54, 1.807) is 24.3 Å². The van der Waals surface area contributed by atoms with E-state index >= 15 is 0 Å². The maximum absolute atomic E-state index is 12.7. The van der Waals surface area contributed by atoms with Crippen LogP contribution in [-0.2, 0) is 7.05 Å². The van der Waals surface area contributed by atoms with Crippen LogP contribution in [0.2, 0.25) is 0 Å². The van der Waals surface area contributed by atoms with Crippen LogP contribution in [0.4, 0.5) is 26.0 Å². The normalized spacial score (nSPS) is 10.7. The van der Waals surface area contributed by atoms with Crippen LogP contribution in [0.15, 0.2) is 60.7 Å². The van der Waals surface area contributed by atoms with Crippen LogP contribution in [0.25, 0.3) is 0 Å². The Balaban J connectivity index is 1.83. The second kappa shape index (κ2) is 7.12. The third-order valence-corrected chi connectivity index (χ3v) is 3.59. The lowest BCUT2D eigenvalue weighted by Crippen LogP contribution is -2.16. The van der Waals surface area contributed by atoms with Crippen LogP contribution in [0, 0.1) is 0 Å². The average molecular weight is 342 g/mol. The van der Waals surface area contributed by atoms with Gasteiger partial charge in [0.1, 0.15) is 11.5 Å². The van der Waals surface area contributed by atoms with Crippen LogP contribution in [0.1, 0.15) is 22.5 Å². The van der Waals surface area contributed by atoms with Crippen molar-refractivity contribution in [3.05, 3.63) is 71.9 Å². The van der Waals surface area contributed by atoms with Crippen LogP contribution in [0.5, 0.6) is 0 Å². The molecule has 5 nitrogen and oxygen atoms in total. The first-order valence-corrected chi connectivity index (χ1v) is 7.59. The molecule has 0 aliphatic carbocycles. The summed E-state index contributed by atoms with van der Waals surface area (Å²) in [5.41, 5.74) is 1.46. The number of aryl methyl sites for hydroxylation is 1. The number of hydrogen-bond donors (Lipinski definition) is 2. The summed E-state index contributed by atoms with van der Waals surface area (Å²) >= 11 is 0. The Morgan fingerprint density at radius 1 is 1.08 bits per heavy atom. The van der Waals surface area contributed by atoms with Crippen LogP contribution >= 0.6 is 0 Å². The average Bonchev–Trinajstić information content (AvgIpc) is 2.97. The summed E-state index contributed by atoms with van der Waals surface area (Å²) in [6, 6.07) is 17.6. The van der Waals surface area contributed by atoms with Gasteiger partial charge in [0.25, 0.3) is 12.3 Å². The van der Waals surface area contributed by atoms with Gasteiger partial charge in [-0.15, -0.1) is 0 Å². The highest BCUT2D eigenvalue weighted by atomic mass is 19.3. The maximum Gasteiger partial charge on any atom is 0.282 e. The highest BCUT2D eigenvalue weighted by Crippen LogP contribution is 2.24. The van der Waals surface area contributed by atoms with Crippen molar-refractivity contribution in [1.82, 2.24) is 9.78 Å². The third-order valence-electron chi connectivity index (χ3n) is 3.59. The number of nitrogens with one attached hydrogen (secondary N) is 2. The molecule has 0 spiro atoms. The van der Waals surface area contributed by atoms with Crippen molar-refractivity contribution in [2.24, 2.45) is 7.05 Å². The van der Waals surface area contributed by atoms with Crippen molar-refractivity contribution in [3.63, 3.8) is 0 Å². The Morgan fingerprint density at radius 3 is 2.44 bits per heavy atom. The molecule has 0 aliphatic heterocycles. The lowest BCUT2D eigenvalue weighted by molar-refractivity contribution is 0.102. The van der Waals surface area contributed by atoms with Crippen molar-refractivity contribution in [2.75, 3.05) is 10.6 Å². The summed E-state index contributed by atoms with van der Waals surface area (Å²) in [5.74, 6) is -0.210. The number of hydrogen-bond acceptors (Lipinski definition) is 3. The molecule has 0 aliphatic rings. The molecule has 2 N–H and O–H groups in total. The zero-order valence-electron chi connectivity index (χ0n) is 13.4. The molecule has 1 heterocycles. The fourth-order valence-electron chi connectivity index (χ4n) is 2.36. The molecule has 0 saturated heterocycles. The van der Waals surface area contributed by atoms with Gasteiger partial charge in [-0.3, -0.25) is 9.48 Å². The Kier molecular flexibility index (Phi) is 4.74. The van der Waals surface area contributed by atoms with E-state index in [0.717, 1.165) is 11.8 Å². The van der Waals surface area contributed by atoms with Gasteiger partial charge in [0.15, 0.2) is 0 Å². The fourth-order valence-corrected chi connectivity index (χ4v) is 2.36. The molecular weight excluding hydrogens is 326 g/mol. The van der Waals surface area contributed by atoms with Gasteiger partial charge >= 0.3 is 0 Å². The van der Waals surface area contributed by atoms with Crippen molar-refractivity contribution < 1.29 is 13.6 Å². The summed E-state index contributed by atoms with van der Waals surface area (Å²) in [6.07, 6.45) is -2.69. The number of halogens is 2. The van der Waals surface area contributed by atoms with E-state index in [-0.39, 0.29) is 11.5 Å². The van der Waals surface area contributed by atoms with Gasteiger partial charge in [0, 0.05) is 18.8 Å². The number of carbonyl (C=O) groups excluding carboxylic acids is 1. The highest BCUT2D eigenvalue weighted by Gasteiger charge is 2.17. The van der Waals surface area contributed by atoms with E-state index in [9.17, 15) is 13.6 Å². The summed E-state index contributed by atoms with van der Waals surface area (Å²) in [4.78, 5) is 12.6. The maximum atomic E-state index is 12.7. The van der Waals surface area contributed by atoms with E-state index in [2.05, 4.69) is 15.7 Å². The van der Waals surface area contributed by atoms with Crippen LogP contribution < -0.4 is 10.6 Å². The van der Waals surface area contributed by atoms with E-state index in [1.165, 1.54) is 11.7 Å². The molecule has 7 heteroatoms. The Labute approximate surface area is 143 Å². The number of carbonyl (C=O) groups is 1. The molecule has 25 heavy (non-hydrogen) atoms. The predicted octanol–water partition coefficient (Wildman–Crippen LogP) is 4.35. The lowest BCUT2D eigenvalue weighted by Gasteiger charge is -2.12. The van der Waals surface area contributed by atoms with Gasteiger partial charge in [-0.1, -0.05) is 30.3 Å². The van der Waals surface area contributed by atoms with Gasteiger partial charge in [-0.25, -0.2) is 8.78 Å². The summed E-state index contributed by atoms with van der Waals surface area (Å²) < 4.78 is 26.7. The van der Waals surface area contributed by atoms with E-state index in [0.29, 0.717) is 11.3 Å². The first kappa shape index (κ1) is 16.6. The highest BCUT2D eigenvalue weighted by molar-refractivity contribution is 6.08. The summed E-state index contributed by atoms with van der Waals surface area (Å²) in [6.45, 7) is 0. The van der Waals surface area contributed by atoms with Crippen molar-refractivity contribution >= 4 is 23.1 Å². The molecular formula is C18H16F2N4O. The number of amides is 1. The van der Waals surface area contributed by atoms with Crippen molar-refractivity contribution in [2.45, 2.75) is 6.43 Å². The first-order valence-electron chi connectivity index (χ1n) is 7.59. The molecule has 2 aromatic carbocycles. The van der Waals surface area contributed by atoms with Crippen molar-refractivity contribution in [3.8, 4) is 0 Å². The monoisotopic (exact) mass is 342 g/mol. The minimum atomic E-state index is -2.69. The van der Waals surface area contributed by atoms with Crippen LogP contribution in [0.3, 0.4) is 0 Å². The molecule has 1 amide bonds. The first-order chi connectivity index (χ1) is 12.0. The van der Waals surface area contributed by atoms with E-state index in [4.69, 9.17) is 0 Å². The standard InChI is InChI=1S/C18H16F2N4O/c1-24-16(11-15(23-24)17(19)20)22-18(25)13-9-5-6-10-14(13)21-12-7-3-2-4-8-12/h2-11,17,21H,1H3,(H,22,25). The molecule has 0 unspecified atom stereocenters. The van der Waals surface area contributed by atoms with Gasteiger partial charge in [0.05, 0.1) is 11.3 Å².